The third-order valence-electron chi connectivity index (χ3n) is 2.36. The van der Waals surface area contributed by atoms with E-state index in [0.717, 1.165) is 37.6 Å². The van der Waals surface area contributed by atoms with Crippen molar-refractivity contribution in [2.24, 2.45) is 4.99 Å². The van der Waals surface area contributed by atoms with Gasteiger partial charge >= 0.3 is 0 Å². The first-order valence-corrected chi connectivity index (χ1v) is 4.78. The van der Waals surface area contributed by atoms with Crippen LogP contribution in [-0.2, 0) is 0 Å². The molecule has 1 saturated heterocycles. The van der Waals surface area contributed by atoms with Gasteiger partial charge in [0.25, 0.3) is 0 Å². The van der Waals surface area contributed by atoms with Crippen molar-refractivity contribution in [2.45, 2.75) is 13.3 Å². The van der Waals surface area contributed by atoms with Gasteiger partial charge in [-0.3, -0.25) is 4.90 Å². The van der Waals surface area contributed by atoms with Gasteiger partial charge < -0.3 is 4.90 Å². The summed E-state index contributed by atoms with van der Waals surface area (Å²) in [4.78, 5) is 8.98. The summed E-state index contributed by atoms with van der Waals surface area (Å²) in [6, 6.07) is 0. The van der Waals surface area contributed by atoms with E-state index in [1.807, 2.05) is 0 Å². The lowest BCUT2D eigenvalue weighted by Gasteiger charge is -2.32. The van der Waals surface area contributed by atoms with E-state index in [-0.39, 0.29) is 0 Å². The van der Waals surface area contributed by atoms with E-state index in [0.29, 0.717) is 0 Å². The summed E-state index contributed by atoms with van der Waals surface area (Å²) in [5, 5.41) is 0. The van der Waals surface area contributed by atoms with Crippen molar-refractivity contribution >= 4 is 5.84 Å². The van der Waals surface area contributed by atoms with E-state index < -0.39 is 0 Å². The van der Waals surface area contributed by atoms with E-state index in [9.17, 15) is 0 Å². The Morgan fingerprint density at radius 1 is 1.46 bits per heavy atom. The van der Waals surface area contributed by atoms with Crippen LogP contribution in [0.4, 0.5) is 0 Å². The summed E-state index contributed by atoms with van der Waals surface area (Å²) >= 11 is 0. The minimum Gasteiger partial charge on any atom is -0.361 e. The van der Waals surface area contributed by atoms with Gasteiger partial charge in [0.1, 0.15) is 5.84 Å². The van der Waals surface area contributed by atoms with Crippen LogP contribution in [0.25, 0.3) is 0 Å². The third-order valence-corrected chi connectivity index (χ3v) is 2.36. The van der Waals surface area contributed by atoms with E-state index in [1.54, 1.807) is 0 Å². The first-order chi connectivity index (χ1) is 6.13. The molecule has 1 aliphatic rings. The Kier molecular flexibility index (Phi) is 3.48. The molecule has 0 unspecified atom stereocenters. The molecule has 0 bridgehead atoms. The van der Waals surface area contributed by atoms with Crippen LogP contribution in [0.1, 0.15) is 13.3 Å². The minimum absolute atomic E-state index is 0.932. The molecule has 0 aromatic carbocycles. The van der Waals surface area contributed by atoms with Crippen LogP contribution >= 0.6 is 0 Å². The number of hydrogen-bond acceptors (Lipinski definition) is 2. The Balaban J connectivity index is 2.65. The van der Waals surface area contributed by atoms with Crippen LogP contribution in [0.15, 0.2) is 17.3 Å². The van der Waals surface area contributed by atoms with Crippen molar-refractivity contribution in [1.29, 1.82) is 0 Å². The molecule has 1 fully saturated rings. The molecule has 1 aliphatic heterocycles. The van der Waals surface area contributed by atoms with Crippen LogP contribution in [-0.4, -0.2) is 49.4 Å². The molecule has 1 heterocycles. The summed E-state index contributed by atoms with van der Waals surface area (Å²) in [5.41, 5.74) is 0.970. The Morgan fingerprint density at radius 2 is 2.15 bits per heavy atom. The molecule has 0 aliphatic carbocycles. The molecular formula is C10H19N3. The van der Waals surface area contributed by atoms with Gasteiger partial charge in [-0.05, 0) is 13.5 Å². The quantitative estimate of drug-likeness (QED) is 0.637. The summed E-state index contributed by atoms with van der Waals surface area (Å²) in [6.45, 7) is 9.10. The third kappa shape index (κ3) is 2.84. The highest BCUT2D eigenvalue weighted by Gasteiger charge is 2.15. The maximum Gasteiger partial charge on any atom is 0.118 e. The molecule has 0 aromatic heterocycles. The SMILES string of the molecule is C=C(CC)/N=C1/CN(C)CCN1C. The first-order valence-electron chi connectivity index (χ1n) is 4.78. The van der Waals surface area contributed by atoms with Crippen molar-refractivity contribution < 1.29 is 0 Å². The number of likely N-dealkylation sites (N-methyl/N-ethyl adjacent to an activating group) is 2. The molecule has 0 spiro atoms. The number of nitrogens with zero attached hydrogens (tertiary/aromatic N) is 3. The van der Waals surface area contributed by atoms with E-state index >= 15 is 0 Å². The highest BCUT2D eigenvalue weighted by atomic mass is 15.3. The van der Waals surface area contributed by atoms with Gasteiger partial charge in [0.05, 0.1) is 6.54 Å². The summed E-state index contributed by atoms with van der Waals surface area (Å²) in [7, 11) is 4.21. The number of hydrogen-bond donors (Lipinski definition) is 0. The lowest BCUT2D eigenvalue weighted by Crippen LogP contribution is -2.46. The second-order valence-corrected chi connectivity index (χ2v) is 3.61. The molecule has 0 amide bonds. The van der Waals surface area contributed by atoms with Crippen molar-refractivity contribution in [3.63, 3.8) is 0 Å². The smallest absolute Gasteiger partial charge is 0.118 e. The molecule has 13 heavy (non-hydrogen) atoms. The van der Waals surface area contributed by atoms with E-state index in [4.69, 9.17) is 0 Å². The Hall–Kier alpha value is -0.830. The van der Waals surface area contributed by atoms with Crippen molar-refractivity contribution in [2.75, 3.05) is 33.7 Å². The second kappa shape index (κ2) is 4.42. The zero-order valence-corrected chi connectivity index (χ0v) is 8.88. The normalized spacial score (nSPS) is 22.4. The summed E-state index contributed by atoms with van der Waals surface area (Å²) in [6.07, 6.45) is 0.932. The predicted octanol–water partition coefficient (Wildman–Crippen LogP) is 1.19. The number of aliphatic imine (C=N–C) groups is 1. The monoisotopic (exact) mass is 181 g/mol. The Labute approximate surface area is 80.7 Å². The average Bonchev–Trinajstić information content (AvgIpc) is 2.11. The van der Waals surface area contributed by atoms with E-state index in [2.05, 4.69) is 42.4 Å². The Bertz CT molecular complexity index is 220. The highest BCUT2D eigenvalue weighted by Crippen LogP contribution is 2.05. The minimum atomic E-state index is 0.932. The van der Waals surface area contributed by atoms with Crippen molar-refractivity contribution in [1.82, 2.24) is 9.80 Å². The van der Waals surface area contributed by atoms with Gasteiger partial charge in [0, 0.05) is 25.8 Å². The number of amidine groups is 1. The predicted molar refractivity (Wildman–Crippen MR) is 57.0 cm³/mol. The fraction of sp³-hybridized carbons (Fsp3) is 0.700. The van der Waals surface area contributed by atoms with E-state index in [1.165, 1.54) is 0 Å². The lowest BCUT2D eigenvalue weighted by atomic mass is 10.3. The fourth-order valence-corrected chi connectivity index (χ4v) is 1.27. The van der Waals surface area contributed by atoms with Crippen molar-refractivity contribution in [3.8, 4) is 0 Å². The van der Waals surface area contributed by atoms with Gasteiger partial charge in [0.2, 0.25) is 0 Å². The zero-order chi connectivity index (χ0) is 9.84. The summed E-state index contributed by atoms with van der Waals surface area (Å²) in [5.74, 6) is 1.14. The first kappa shape index (κ1) is 10.3. The lowest BCUT2D eigenvalue weighted by molar-refractivity contribution is 0.288. The molecule has 74 valence electrons. The van der Waals surface area contributed by atoms with Gasteiger partial charge in [-0.15, -0.1) is 0 Å². The highest BCUT2D eigenvalue weighted by molar-refractivity contribution is 5.85. The number of piperazine rings is 1. The molecule has 0 N–H and O–H groups in total. The topological polar surface area (TPSA) is 18.8 Å². The fourth-order valence-electron chi connectivity index (χ4n) is 1.27. The van der Waals surface area contributed by atoms with Gasteiger partial charge in [-0.1, -0.05) is 13.5 Å². The Morgan fingerprint density at radius 3 is 2.77 bits per heavy atom. The molecule has 0 aromatic rings. The standard InChI is InChI=1S/C10H19N3/c1-5-9(2)11-10-8-12(3)6-7-13(10)4/h2,5-8H2,1,3-4H3/b11-10-. The average molecular weight is 181 g/mol. The zero-order valence-electron chi connectivity index (χ0n) is 8.88. The second-order valence-electron chi connectivity index (χ2n) is 3.61. The number of rotatable bonds is 2. The molecule has 0 atom stereocenters. The van der Waals surface area contributed by atoms with Crippen LogP contribution in [0, 0.1) is 0 Å². The van der Waals surface area contributed by atoms with Gasteiger partial charge in [0.15, 0.2) is 0 Å². The molecule has 0 radical (unpaired) electrons. The molecule has 0 saturated carbocycles. The van der Waals surface area contributed by atoms with Gasteiger partial charge in [-0.2, -0.15) is 0 Å². The van der Waals surface area contributed by atoms with Crippen LogP contribution in [0.2, 0.25) is 0 Å². The van der Waals surface area contributed by atoms with Crippen LogP contribution in [0.3, 0.4) is 0 Å². The molecule has 3 nitrogen and oxygen atoms in total. The van der Waals surface area contributed by atoms with Gasteiger partial charge in [-0.25, -0.2) is 4.99 Å². The van der Waals surface area contributed by atoms with Crippen LogP contribution in [0.5, 0.6) is 0 Å². The molecular weight excluding hydrogens is 162 g/mol. The van der Waals surface area contributed by atoms with Crippen LogP contribution < -0.4 is 0 Å². The van der Waals surface area contributed by atoms with Crippen molar-refractivity contribution in [3.05, 3.63) is 12.3 Å². The largest absolute Gasteiger partial charge is 0.361 e. The maximum absolute atomic E-state index is 4.49. The summed E-state index contributed by atoms with van der Waals surface area (Å²) < 4.78 is 0. The molecule has 3 heteroatoms. The maximum atomic E-state index is 4.49. The molecule has 1 rings (SSSR count). The number of allylic oxidation sites excluding steroid dienone is 1.